The quantitative estimate of drug-likeness (QED) is 0.275. The van der Waals surface area contributed by atoms with Gasteiger partial charge in [0.05, 0.1) is 23.9 Å². The summed E-state index contributed by atoms with van der Waals surface area (Å²) in [7, 11) is 0. The van der Waals surface area contributed by atoms with E-state index < -0.39 is 11.9 Å². The largest absolute Gasteiger partial charge is 0.364 e. The van der Waals surface area contributed by atoms with Crippen LogP contribution in [0.1, 0.15) is 39.7 Å². The number of nitrogens with one attached hydrogen (secondary N) is 1. The Kier molecular flexibility index (Phi) is 6.85. The number of likely N-dealkylation sites (tertiary alicyclic amines) is 1. The van der Waals surface area contributed by atoms with Crippen molar-refractivity contribution in [3.05, 3.63) is 103 Å². The third-order valence-corrected chi connectivity index (χ3v) is 7.51. The average molecular weight is 596 g/mol. The molecule has 5 aromatic heterocycles. The maximum absolute atomic E-state index is 13.8. The second-order valence-electron chi connectivity index (χ2n) is 10.2. The number of rotatable bonds is 6. The predicted octanol–water partition coefficient (Wildman–Crippen LogP) is 4.65. The molecule has 6 heterocycles. The number of nitrogens with zero attached hydrogens (tertiary/aromatic N) is 8. The fourth-order valence-electron chi connectivity index (χ4n) is 5.34. The highest BCUT2D eigenvalue weighted by Crippen LogP contribution is 2.35. The molecular formula is C30H23F2N9O3. The van der Waals surface area contributed by atoms with E-state index in [1.165, 1.54) is 35.2 Å². The van der Waals surface area contributed by atoms with E-state index in [9.17, 15) is 18.4 Å². The number of carbonyl (C=O) groups excluding carboxylic acids is 2. The molecule has 7 rings (SSSR count). The van der Waals surface area contributed by atoms with Crippen molar-refractivity contribution in [3.63, 3.8) is 0 Å². The van der Waals surface area contributed by atoms with Crippen molar-refractivity contribution in [1.29, 1.82) is 0 Å². The third-order valence-electron chi connectivity index (χ3n) is 7.51. The van der Waals surface area contributed by atoms with Crippen molar-refractivity contribution >= 4 is 23.3 Å². The molecule has 1 N–H and O–H groups in total. The number of pyridine rings is 1. The SMILES string of the molecule is O=C(Nc1cn2nc(-c3c(-c4ccc(F)cc4)ncn3C3CCN(C(=O)c4ccon4)CC3)ccc2n1)c1ccnc(F)c1. The molecule has 0 saturated carbocycles. The molecule has 1 aliphatic rings. The van der Waals surface area contributed by atoms with Crippen LogP contribution in [0.2, 0.25) is 0 Å². The number of aromatic nitrogens is 7. The summed E-state index contributed by atoms with van der Waals surface area (Å²) >= 11 is 0. The Morgan fingerprint density at radius 3 is 2.55 bits per heavy atom. The van der Waals surface area contributed by atoms with E-state index in [0.29, 0.717) is 54.2 Å². The van der Waals surface area contributed by atoms with Crippen LogP contribution in [0.4, 0.5) is 14.6 Å². The summed E-state index contributed by atoms with van der Waals surface area (Å²) in [6.45, 7) is 1.02. The number of hydrogen-bond acceptors (Lipinski definition) is 8. The lowest BCUT2D eigenvalue weighted by molar-refractivity contribution is 0.0684. The molecular weight excluding hydrogens is 572 g/mol. The highest BCUT2D eigenvalue weighted by molar-refractivity contribution is 6.03. The first kappa shape index (κ1) is 27.1. The van der Waals surface area contributed by atoms with Gasteiger partial charge in [-0.05, 0) is 55.3 Å². The molecule has 220 valence electrons. The molecule has 1 saturated heterocycles. The fourth-order valence-corrected chi connectivity index (χ4v) is 5.34. The van der Waals surface area contributed by atoms with Crippen molar-refractivity contribution in [3.8, 4) is 22.6 Å². The highest BCUT2D eigenvalue weighted by atomic mass is 19.1. The molecule has 44 heavy (non-hydrogen) atoms. The van der Waals surface area contributed by atoms with Crippen molar-refractivity contribution in [1.82, 2.24) is 39.2 Å². The molecule has 1 aromatic carbocycles. The van der Waals surface area contributed by atoms with Gasteiger partial charge < -0.3 is 19.3 Å². The fraction of sp³-hybridized carbons (Fsp3) is 0.167. The molecule has 1 fully saturated rings. The molecule has 0 radical (unpaired) electrons. The zero-order valence-electron chi connectivity index (χ0n) is 23.0. The molecule has 0 bridgehead atoms. The van der Waals surface area contributed by atoms with Gasteiger partial charge in [0.1, 0.15) is 17.8 Å². The Bertz CT molecular complexity index is 1980. The van der Waals surface area contributed by atoms with Gasteiger partial charge in [0, 0.05) is 48.6 Å². The van der Waals surface area contributed by atoms with Gasteiger partial charge in [0.25, 0.3) is 11.8 Å². The summed E-state index contributed by atoms with van der Waals surface area (Å²) < 4.78 is 35.7. The Balaban J connectivity index is 1.20. The summed E-state index contributed by atoms with van der Waals surface area (Å²) in [6, 6.07) is 13.6. The van der Waals surface area contributed by atoms with Gasteiger partial charge in [-0.2, -0.15) is 9.49 Å². The van der Waals surface area contributed by atoms with Crippen molar-refractivity contribution in [2.45, 2.75) is 18.9 Å². The van der Waals surface area contributed by atoms with E-state index in [4.69, 9.17) is 14.6 Å². The maximum atomic E-state index is 13.8. The highest BCUT2D eigenvalue weighted by Gasteiger charge is 2.29. The average Bonchev–Trinajstić information content (AvgIpc) is 3.81. The Morgan fingerprint density at radius 1 is 0.977 bits per heavy atom. The third kappa shape index (κ3) is 5.17. The number of fused-ring (bicyclic) bond motifs is 1. The topological polar surface area (TPSA) is 136 Å². The summed E-state index contributed by atoms with van der Waals surface area (Å²) in [5, 5.41) is 11.2. The van der Waals surface area contributed by atoms with E-state index in [1.54, 1.807) is 47.8 Å². The number of carbonyl (C=O) groups is 2. The van der Waals surface area contributed by atoms with Crippen LogP contribution in [-0.2, 0) is 0 Å². The molecule has 0 spiro atoms. The van der Waals surface area contributed by atoms with Gasteiger partial charge in [0.2, 0.25) is 5.95 Å². The van der Waals surface area contributed by atoms with Crippen molar-refractivity contribution in [2.75, 3.05) is 18.4 Å². The first-order valence-electron chi connectivity index (χ1n) is 13.7. The second-order valence-corrected chi connectivity index (χ2v) is 10.2. The normalized spacial score (nSPS) is 13.8. The lowest BCUT2D eigenvalue weighted by Crippen LogP contribution is -2.39. The van der Waals surface area contributed by atoms with Crippen molar-refractivity contribution < 1.29 is 22.9 Å². The Labute approximate surface area is 248 Å². The van der Waals surface area contributed by atoms with E-state index in [0.717, 1.165) is 6.07 Å². The first-order chi connectivity index (χ1) is 21.4. The first-order valence-corrected chi connectivity index (χ1v) is 13.7. The maximum Gasteiger partial charge on any atom is 0.276 e. The number of anilines is 1. The molecule has 2 amide bonds. The van der Waals surface area contributed by atoms with E-state index in [2.05, 4.69) is 20.4 Å². The Hall–Kier alpha value is -5.79. The van der Waals surface area contributed by atoms with Crippen LogP contribution in [0, 0.1) is 11.8 Å². The molecule has 6 aromatic rings. The van der Waals surface area contributed by atoms with Gasteiger partial charge in [-0.15, -0.1) is 0 Å². The molecule has 0 aliphatic carbocycles. The van der Waals surface area contributed by atoms with E-state index >= 15 is 0 Å². The van der Waals surface area contributed by atoms with Crippen LogP contribution >= 0.6 is 0 Å². The minimum atomic E-state index is -0.764. The van der Waals surface area contributed by atoms with Crippen LogP contribution in [0.3, 0.4) is 0 Å². The number of imidazole rings is 2. The van der Waals surface area contributed by atoms with Gasteiger partial charge in [-0.3, -0.25) is 9.59 Å². The molecule has 0 unspecified atom stereocenters. The van der Waals surface area contributed by atoms with Crippen LogP contribution < -0.4 is 5.32 Å². The summed E-state index contributed by atoms with van der Waals surface area (Å²) in [5.41, 5.74) is 3.46. The zero-order chi connectivity index (χ0) is 30.2. The number of halogens is 2. The minimum absolute atomic E-state index is 0.00366. The standard InChI is InChI=1S/C30H23F2N9O3/c31-20-3-1-18(2-4-20)27-28(40(17-34-27)21-8-12-39(13-9-21)30(43)23-10-14-44-38-23)22-5-6-26-35-25(16-41(26)37-22)36-29(42)19-7-11-33-24(32)15-19/h1-7,10-11,14-17,21H,8-9,12-13H2,(H,36,42). The number of benzene rings is 1. The zero-order valence-corrected chi connectivity index (χ0v) is 23.0. The smallest absolute Gasteiger partial charge is 0.276 e. The summed E-state index contributed by atoms with van der Waals surface area (Å²) in [5.74, 6) is -1.62. The lowest BCUT2D eigenvalue weighted by Gasteiger charge is -2.33. The Morgan fingerprint density at radius 2 is 1.80 bits per heavy atom. The van der Waals surface area contributed by atoms with Gasteiger partial charge in [-0.1, -0.05) is 5.16 Å². The molecule has 1 aliphatic heterocycles. The van der Waals surface area contributed by atoms with E-state index in [-0.39, 0.29) is 34.8 Å². The number of amides is 2. The van der Waals surface area contributed by atoms with Crippen molar-refractivity contribution in [2.24, 2.45) is 0 Å². The van der Waals surface area contributed by atoms with E-state index in [1.807, 2.05) is 4.57 Å². The van der Waals surface area contributed by atoms with Crippen LogP contribution in [0.25, 0.3) is 28.3 Å². The summed E-state index contributed by atoms with van der Waals surface area (Å²) in [4.78, 5) is 39.8. The van der Waals surface area contributed by atoms with Gasteiger partial charge in [-0.25, -0.2) is 23.9 Å². The van der Waals surface area contributed by atoms with Crippen LogP contribution in [-0.4, -0.2) is 64.1 Å². The minimum Gasteiger partial charge on any atom is -0.364 e. The second kappa shape index (κ2) is 11.1. The molecule has 14 heteroatoms. The number of piperidine rings is 1. The van der Waals surface area contributed by atoms with Crippen LogP contribution in [0.5, 0.6) is 0 Å². The lowest BCUT2D eigenvalue weighted by atomic mass is 10.0. The molecule has 0 atom stereocenters. The summed E-state index contributed by atoms with van der Waals surface area (Å²) in [6.07, 6.45) is 7.21. The number of hydrogen-bond donors (Lipinski definition) is 1. The monoisotopic (exact) mass is 595 g/mol. The predicted molar refractivity (Wildman–Crippen MR) is 152 cm³/mol. The van der Waals surface area contributed by atoms with Gasteiger partial charge >= 0.3 is 0 Å². The molecule has 12 nitrogen and oxygen atoms in total. The van der Waals surface area contributed by atoms with Crippen LogP contribution in [0.15, 0.2) is 84.1 Å². The van der Waals surface area contributed by atoms with Gasteiger partial charge in [0.15, 0.2) is 17.2 Å².